The average molecular weight is 365 g/mol. The van der Waals surface area contributed by atoms with Crippen LogP contribution < -0.4 is 15.4 Å². The predicted octanol–water partition coefficient (Wildman–Crippen LogP) is 3.72. The molecule has 1 rings (SSSR count). The molecule has 0 aliphatic rings. The topological polar surface area (TPSA) is 50.4 Å². The molecule has 4 nitrogen and oxygen atoms in total. The molecule has 0 fully saturated rings. The molecule has 1 aromatic carbocycles. The van der Waals surface area contributed by atoms with E-state index in [9.17, 15) is 31.1 Å². The average Bonchev–Trinajstić information content (AvgIpc) is 2.35. The standard InChI is InChI=1S/C12H11ClF6N2O2/c1-6(22)20-10(11(14,15)16,12(17,18)19)21-8-5-7(13)3-4-9(8)23-2/h3-5,21H,1-2H3,(H,20,22). The lowest BCUT2D eigenvalue weighted by Gasteiger charge is -2.38. The van der Waals surface area contributed by atoms with E-state index in [0.29, 0.717) is 6.92 Å². The van der Waals surface area contributed by atoms with Gasteiger partial charge in [-0.15, -0.1) is 0 Å². The lowest BCUT2D eigenvalue weighted by molar-refractivity contribution is -0.295. The van der Waals surface area contributed by atoms with E-state index in [0.717, 1.165) is 24.6 Å². The number of carbonyl (C=O) groups excluding carboxylic acids is 1. The molecule has 0 aliphatic carbocycles. The van der Waals surface area contributed by atoms with Crippen molar-refractivity contribution in [1.29, 1.82) is 0 Å². The Morgan fingerprint density at radius 3 is 2.04 bits per heavy atom. The van der Waals surface area contributed by atoms with E-state index < -0.39 is 29.6 Å². The number of benzene rings is 1. The van der Waals surface area contributed by atoms with Crippen molar-refractivity contribution >= 4 is 23.2 Å². The van der Waals surface area contributed by atoms with Crippen molar-refractivity contribution in [2.24, 2.45) is 0 Å². The molecule has 0 radical (unpaired) electrons. The molecular formula is C12H11ClF6N2O2. The number of anilines is 1. The van der Waals surface area contributed by atoms with E-state index in [1.807, 2.05) is 0 Å². The molecule has 11 heteroatoms. The third kappa shape index (κ3) is 3.92. The molecule has 0 bridgehead atoms. The Morgan fingerprint density at radius 2 is 1.65 bits per heavy atom. The van der Waals surface area contributed by atoms with Crippen molar-refractivity contribution in [1.82, 2.24) is 5.32 Å². The fourth-order valence-corrected chi connectivity index (χ4v) is 1.89. The summed E-state index contributed by atoms with van der Waals surface area (Å²) < 4.78 is 83.8. The summed E-state index contributed by atoms with van der Waals surface area (Å²) in [4.78, 5) is 11.0. The van der Waals surface area contributed by atoms with Crippen molar-refractivity contribution in [2.75, 3.05) is 12.4 Å². The van der Waals surface area contributed by atoms with Gasteiger partial charge in [-0.3, -0.25) is 4.79 Å². The summed E-state index contributed by atoms with van der Waals surface area (Å²) in [7, 11) is 1.05. The van der Waals surface area contributed by atoms with Crippen LogP contribution >= 0.6 is 11.6 Å². The number of alkyl halides is 6. The highest BCUT2D eigenvalue weighted by molar-refractivity contribution is 6.30. The molecule has 2 N–H and O–H groups in total. The highest BCUT2D eigenvalue weighted by atomic mass is 35.5. The number of carbonyl (C=O) groups is 1. The molecule has 0 aromatic heterocycles. The second-order valence-corrected chi connectivity index (χ2v) is 4.83. The Hall–Kier alpha value is -1.84. The Labute approximate surface area is 131 Å². The number of hydrogen-bond donors (Lipinski definition) is 2. The van der Waals surface area contributed by atoms with Gasteiger partial charge in [-0.1, -0.05) is 11.6 Å². The van der Waals surface area contributed by atoms with E-state index in [-0.39, 0.29) is 10.8 Å². The van der Waals surface area contributed by atoms with Crippen molar-refractivity contribution in [3.63, 3.8) is 0 Å². The lowest BCUT2D eigenvalue weighted by atomic mass is 10.1. The van der Waals surface area contributed by atoms with Gasteiger partial charge in [0, 0.05) is 11.9 Å². The van der Waals surface area contributed by atoms with Crippen LogP contribution in [0.2, 0.25) is 5.02 Å². The minimum atomic E-state index is -5.90. The molecule has 0 heterocycles. The van der Waals surface area contributed by atoms with Crippen molar-refractivity contribution in [3.8, 4) is 5.75 Å². The normalized spacial score (nSPS) is 12.7. The van der Waals surface area contributed by atoms with Crippen LogP contribution in [0.5, 0.6) is 5.75 Å². The summed E-state index contributed by atoms with van der Waals surface area (Å²) in [6.07, 6.45) is -11.8. The second-order valence-electron chi connectivity index (χ2n) is 4.40. The third-order valence-corrected chi connectivity index (χ3v) is 2.93. The molecular weight excluding hydrogens is 354 g/mol. The Balaban J connectivity index is 3.53. The third-order valence-electron chi connectivity index (χ3n) is 2.70. The van der Waals surface area contributed by atoms with Gasteiger partial charge in [0.1, 0.15) is 5.75 Å². The molecule has 0 unspecified atom stereocenters. The molecule has 1 aromatic rings. The van der Waals surface area contributed by atoms with Crippen LogP contribution in [0, 0.1) is 0 Å². The summed E-state index contributed by atoms with van der Waals surface area (Å²) in [6, 6.07) is 3.11. The van der Waals surface area contributed by atoms with Crippen molar-refractivity contribution in [3.05, 3.63) is 23.2 Å². The van der Waals surface area contributed by atoms with Gasteiger partial charge in [-0.2, -0.15) is 26.3 Å². The highest BCUT2D eigenvalue weighted by Gasteiger charge is 2.72. The number of rotatable bonds is 4. The lowest BCUT2D eigenvalue weighted by Crippen LogP contribution is -2.72. The number of nitrogens with one attached hydrogen (secondary N) is 2. The molecule has 0 saturated heterocycles. The van der Waals surface area contributed by atoms with Gasteiger partial charge in [0.15, 0.2) is 0 Å². The molecule has 0 spiro atoms. The predicted molar refractivity (Wildman–Crippen MR) is 70.3 cm³/mol. The van der Waals surface area contributed by atoms with Gasteiger partial charge in [0.2, 0.25) is 5.91 Å². The Bertz CT molecular complexity index is 574. The molecule has 0 aliphatic heterocycles. The summed E-state index contributed by atoms with van der Waals surface area (Å²) in [5.74, 6) is -1.86. The Morgan fingerprint density at radius 1 is 1.13 bits per heavy atom. The number of hydrogen-bond acceptors (Lipinski definition) is 3. The van der Waals surface area contributed by atoms with Gasteiger partial charge in [0.05, 0.1) is 12.8 Å². The van der Waals surface area contributed by atoms with Crippen LogP contribution in [0.1, 0.15) is 6.92 Å². The molecule has 130 valence electrons. The van der Waals surface area contributed by atoms with Crippen LogP contribution in [-0.2, 0) is 4.79 Å². The maximum Gasteiger partial charge on any atom is 0.439 e. The van der Waals surface area contributed by atoms with E-state index in [1.54, 1.807) is 0 Å². The van der Waals surface area contributed by atoms with Gasteiger partial charge in [-0.25, -0.2) is 0 Å². The molecule has 0 atom stereocenters. The zero-order valence-electron chi connectivity index (χ0n) is 11.7. The maximum atomic E-state index is 13.2. The van der Waals surface area contributed by atoms with Crippen LogP contribution in [0.25, 0.3) is 0 Å². The fourth-order valence-electron chi connectivity index (χ4n) is 1.72. The number of amides is 1. The first-order valence-electron chi connectivity index (χ1n) is 5.88. The largest absolute Gasteiger partial charge is 0.495 e. The first-order chi connectivity index (χ1) is 10.3. The quantitative estimate of drug-likeness (QED) is 0.632. The molecule has 23 heavy (non-hydrogen) atoms. The summed E-state index contributed by atoms with van der Waals surface area (Å²) in [5.41, 5.74) is -5.40. The number of methoxy groups -OCH3 is 1. The zero-order valence-corrected chi connectivity index (χ0v) is 12.5. The summed E-state index contributed by atoms with van der Waals surface area (Å²) >= 11 is 5.59. The van der Waals surface area contributed by atoms with Crippen molar-refractivity contribution in [2.45, 2.75) is 24.9 Å². The smallest absolute Gasteiger partial charge is 0.439 e. The first kappa shape index (κ1) is 19.2. The van der Waals surface area contributed by atoms with E-state index in [2.05, 4.69) is 0 Å². The van der Waals surface area contributed by atoms with Gasteiger partial charge in [0.25, 0.3) is 0 Å². The number of halogens is 7. The number of ether oxygens (including phenoxy) is 1. The summed E-state index contributed by atoms with van der Waals surface area (Å²) in [6.45, 7) is 0.531. The second kappa shape index (κ2) is 6.34. The van der Waals surface area contributed by atoms with E-state index in [1.165, 1.54) is 11.4 Å². The van der Waals surface area contributed by atoms with Crippen LogP contribution in [0.4, 0.5) is 32.0 Å². The van der Waals surface area contributed by atoms with Crippen LogP contribution in [0.3, 0.4) is 0 Å². The zero-order chi connectivity index (χ0) is 18.1. The van der Waals surface area contributed by atoms with Crippen molar-refractivity contribution < 1.29 is 35.9 Å². The SMILES string of the molecule is COc1ccc(Cl)cc1NC(NC(C)=O)(C(F)(F)F)C(F)(F)F. The highest BCUT2D eigenvalue weighted by Crippen LogP contribution is 2.45. The minimum absolute atomic E-state index is 0.130. The molecule has 1 amide bonds. The molecule has 0 saturated carbocycles. The first-order valence-corrected chi connectivity index (χ1v) is 6.26. The monoisotopic (exact) mass is 364 g/mol. The van der Waals surface area contributed by atoms with E-state index >= 15 is 0 Å². The maximum absolute atomic E-state index is 13.2. The van der Waals surface area contributed by atoms with Gasteiger partial charge in [-0.05, 0) is 18.2 Å². The minimum Gasteiger partial charge on any atom is -0.495 e. The van der Waals surface area contributed by atoms with E-state index in [4.69, 9.17) is 16.3 Å². The fraction of sp³-hybridized carbons (Fsp3) is 0.417. The van der Waals surface area contributed by atoms with Crippen LogP contribution in [-0.4, -0.2) is 31.0 Å². The Kier molecular flexibility index (Phi) is 5.30. The van der Waals surface area contributed by atoms with Gasteiger partial charge < -0.3 is 15.4 Å². The van der Waals surface area contributed by atoms with Gasteiger partial charge >= 0.3 is 18.0 Å². The summed E-state index contributed by atoms with van der Waals surface area (Å²) in [5, 5.41) is 2.04. The van der Waals surface area contributed by atoms with Crippen LogP contribution in [0.15, 0.2) is 18.2 Å².